The first-order valence-electron chi connectivity index (χ1n) is 4.67. The number of rotatable bonds is 1. The van der Waals surface area contributed by atoms with Gasteiger partial charge in [-0.05, 0) is 0 Å². The van der Waals surface area contributed by atoms with Gasteiger partial charge in [0.25, 0.3) is 0 Å². The third kappa shape index (κ3) is 2.79. The molecule has 0 aliphatic heterocycles. The van der Waals surface area contributed by atoms with Gasteiger partial charge in [0.05, 0.1) is 12.5 Å². The molecular weight excluding hydrogens is 295 g/mol. The van der Waals surface area contributed by atoms with Crippen LogP contribution in [-0.4, -0.2) is 4.98 Å². The number of aromatic nitrogens is 1. The Morgan fingerprint density at radius 3 is 1.90 bits per heavy atom. The molecule has 10 heteroatoms. The van der Waals surface area contributed by atoms with Crippen molar-refractivity contribution in [1.82, 2.24) is 4.98 Å². The SMILES string of the molecule is N#CCc1c(C#N)nc(C(F)(F)F)c(F)c1C(F)(F)F. The van der Waals surface area contributed by atoms with Gasteiger partial charge in [-0.15, -0.1) is 0 Å². The van der Waals surface area contributed by atoms with Gasteiger partial charge < -0.3 is 0 Å². The Bertz CT molecular complexity index is 616. The maximum absolute atomic E-state index is 13.4. The van der Waals surface area contributed by atoms with E-state index >= 15 is 0 Å². The van der Waals surface area contributed by atoms with Gasteiger partial charge in [0.15, 0.2) is 11.5 Å². The molecule has 1 heterocycles. The third-order valence-electron chi connectivity index (χ3n) is 2.15. The average molecular weight is 297 g/mol. The summed E-state index contributed by atoms with van der Waals surface area (Å²) in [6.07, 6.45) is -12.1. The highest BCUT2D eigenvalue weighted by Gasteiger charge is 2.45. The monoisotopic (exact) mass is 297 g/mol. The molecule has 3 nitrogen and oxygen atoms in total. The average Bonchev–Trinajstić information content (AvgIpc) is 2.26. The van der Waals surface area contributed by atoms with Gasteiger partial charge in [-0.25, -0.2) is 9.37 Å². The first-order valence-corrected chi connectivity index (χ1v) is 4.67. The Kier molecular flexibility index (Phi) is 3.89. The maximum Gasteiger partial charge on any atom is 0.436 e. The number of alkyl halides is 6. The van der Waals surface area contributed by atoms with E-state index in [1.165, 1.54) is 6.07 Å². The van der Waals surface area contributed by atoms with Gasteiger partial charge in [0.1, 0.15) is 17.3 Å². The predicted octanol–water partition coefficient (Wildman–Crippen LogP) is 3.20. The van der Waals surface area contributed by atoms with E-state index in [0.717, 1.165) is 6.07 Å². The number of halogens is 7. The molecule has 0 aliphatic carbocycles. The highest BCUT2D eigenvalue weighted by atomic mass is 19.4. The van der Waals surface area contributed by atoms with Crippen LogP contribution in [0.4, 0.5) is 30.7 Å². The van der Waals surface area contributed by atoms with E-state index in [4.69, 9.17) is 10.5 Å². The molecule has 0 atom stereocenters. The third-order valence-corrected chi connectivity index (χ3v) is 2.15. The van der Waals surface area contributed by atoms with Crippen molar-refractivity contribution in [2.24, 2.45) is 0 Å². The molecule has 0 aromatic carbocycles. The Hall–Kier alpha value is -2.36. The van der Waals surface area contributed by atoms with E-state index in [2.05, 4.69) is 4.98 Å². The Balaban J connectivity index is 3.86. The van der Waals surface area contributed by atoms with Gasteiger partial charge >= 0.3 is 12.4 Å². The summed E-state index contributed by atoms with van der Waals surface area (Å²) < 4.78 is 88.7. The summed E-state index contributed by atoms with van der Waals surface area (Å²) in [4.78, 5) is 2.54. The molecule has 0 N–H and O–H groups in total. The zero-order chi connectivity index (χ0) is 15.7. The van der Waals surface area contributed by atoms with Crippen LogP contribution < -0.4 is 0 Å². The fourth-order valence-electron chi connectivity index (χ4n) is 1.42. The summed E-state index contributed by atoms with van der Waals surface area (Å²) >= 11 is 0. The van der Waals surface area contributed by atoms with Crippen LogP contribution in [0.3, 0.4) is 0 Å². The second kappa shape index (κ2) is 4.96. The van der Waals surface area contributed by atoms with Crippen molar-refractivity contribution in [1.29, 1.82) is 10.5 Å². The Morgan fingerprint density at radius 1 is 1.00 bits per heavy atom. The van der Waals surface area contributed by atoms with E-state index < -0.39 is 47.1 Å². The first-order chi connectivity index (χ1) is 9.04. The molecule has 0 radical (unpaired) electrons. The molecule has 0 amide bonds. The minimum absolute atomic E-state index is 1.00. The highest BCUT2D eigenvalue weighted by molar-refractivity contribution is 5.44. The van der Waals surface area contributed by atoms with Crippen molar-refractivity contribution in [3.8, 4) is 12.1 Å². The summed E-state index contributed by atoms with van der Waals surface area (Å²) in [5.41, 5.74) is -7.23. The van der Waals surface area contributed by atoms with E-state index in [-0.39, 0.29) is 0 Å². The molecule has 106 valence electrons. The number of nitrogens with zero attached hydrogens (tertiary/aromatic N) is 3. The molecule has 0 spiro atoms. The lowest BCUT2D eigenvalue weighted by Gasteiger charge is -2.16. The highest BCUT2D eigenvalue weighted by Crippen LogP contribution is 2.40. The lowest BCUT2D eigenvalue weighted by Crippen LogP contribution is -2.21. The van der Waals surface area contributed by atoms with Crippen molar-refractivity contribution in [2.45, 2.75) is 18.8 Å². The van der Waals surface area contributed by atoms with Gasteiger partial charge in [-0.1, -0.05) is 0 Å². The van der Waals surface area contributed by atoms with Crippen molar-refractivity contribution >= 4 is 0 Å². The fraction of sp³-hybridized carbons (Fsp3) is 0.300. The second-order valence-corrected chi connectivity index (χ2v) is 3.42. The summed E-state index contributed by atoms with van der Waals surface area (Å²) in [7, 11) is 0. The van der Waals surface area contributed by atoms with Crippen LogP contribution in [0, 0.1) is 28.5 Å². The summed E-state index contributed by atoms with van der Waals surface area (Å²) in [6.45, 7) is 0. The molecule has 20 heavy (non-hydrogen) atoms. The summed E-state index contributed by atoms with van der Waals surface area (Å²) in [5.74, 6) is -2.64. The Labute approximate surface area is 106 Å². The summed E-state index contributed by atoms with van der Waals surface area (Å²) in [6, 6.07) is 2.22. The molecular formula is C10H2F7N3. The van der Waals surface area contributed by atoms with Crippen LogP contribution in [0.15, 0.2) is 0 Å². The van der Waals surface area contributed by atoms with Crippen LogP contribution in [0.5, 0.6) is 0 Å². The van der Waals surface area contributed by atoms with Crippen molar-refractivity contribution in [3.05, 3.63) is 28.3 Å². The topological polar surface area (TPSA) is 60.5 Å². The zero-order valence-electron chi connectivity index (χ0n) is 9.19. The molecule has 1 aromatic heterocycles. The normalized spacial score (nSPS) is 11.8. The Morgan fingerprint density at radius 2 is 1.55 bits per heavy atom. The number of nitriles is 2. The molecule has 0 fully saturated rings. The summed E-state index contributed by atoms with van der Waals surface area (Å²) in [5, 5.41) is 16.9. The largest absolute Gasteiger partial charge is 0.436 e. The van der Waals surface area contributed by atoms with Crippen LogP contribution in [0.25, 0.3) is 0 Å². The quantitative estimate of drug-likeness (QED) is 0.748. The molecule has 0 saturated heterocycles. The predicted molar refractivity (Wildman–Crippen MR) is 48.2 cm³/mol. The van der Waals surface area contributed by atoms with Gasteiger partial charge in [-0.3, -0.25) is 0 Å². The van der Waals surface area contributed by atoms with Crippen molar-refractivity contribution in [3.63, 3.8) is 0 Å². The lowest BCUT2D eigenvalue weighted by atomic mass is 10.0. The van der Waals surface area contributed by atoms with Crippen LogP contribution >= 0.6 is 0 Å². The molecule has 1 aromatic rings. The van der Waals surface area contributed by atoms with E-state index in [1.807, 2.05) is 0 Å². The van der Waals surface area contributed by atoms with Crippen molar-refractivity contribution < 1.29 is 30.7 Å². The number of hydrogen-bond acceptors (Lipinski definition) is 3. The van der Waals surface area contributed by atoms with Gasteiger partial charge in [0, 0.05) is 5.56 Å². The maximum atomic E-state index is 13.4. The van der Waals surface area contributed by atoms with Gasteiger partial charge in [-0.2, -0.15) is 36.9 Å². The second-order valence-electron chi connectivity index (χ2n) is 3.42. The fourth-order valence-corrected chi connectivity index (χ4v) is 1.42. The molecule has 0 bridgehead atoms. The van der Waals surface area contributed by atoms with E-state index in [9.17, 15) is 30.7 Å². The molecule has 1 rings (SSSR count). The zero-order valence-corrected chi connectivity index (χ0v) is 9.19. The van der Waals surface area contributed by atoms with Gasteiger partial charge in [0.2, 0.25) is 0 Å². The smallest absolute Gasteiger partial charge is 0.229 e. The molecule has 0 saturated carbocycles. The molecule has 0 unspecified atom stereocenters. The van der Waals surface area contributed by atoms with Crippen LogP contribution in [-0.2, 0) is 18.8 Å². The standard InChI is InChI=1S/C10H2F7N3/c11-7-6(9(12,13)14)4(1-2-18)5(3-19)20-8(7)10(15,16)17/h1H2. The minimum atomic E-state index is -5.50. The minimum Gasteiger partial charge on any atom is -0.229 e. The van der Waals surface area contributed by atoms with Crippen molar-refractivity contribution in [2.75, 3.05) is 0 Å². The van der Waals surface area contributed by atoms with E-state index in [1.54, 1.807) is 0 Å². The number of pyridine rings is 1. The molecule has 0 aliphatic rings. The van der Waals surface area contributed by atoms with Crippen LogP contribution in [0.1, 0.15) is 22.5 Å². The first kappa shape index (κ1) is 15.7. The van der Waals surface area contributed by atoms with E-state index in [0.29, 0.717) is 0 Å². The van der Waals surface area contributed by atoms with Crippen LogP contribution in [0.2, 0.25) is 0 Å². The number of hydrogen-bond donors (Lipinski definition) is 0. The lowest BCUT2D eigenvalue weighted by molar-refractivity contribution is -0.150.